The van der Waals surface area contributed by atoms with Gasteiger partial charge in [0.1, 0.15) is 11.8 Å². The molecule has 5 heteroatoms. The Labute approximate surface area is 110 Å². The number of rotatable bonds is 4. The number of ether oxygens (including phenoxy) is 1. The predicted octanol–water partition coefficient (Wildman–Crippen LogP) is 1.97. The maximum Gasteiger partial charge on any atom is 0.262 e. The zero-order valence-corrected chi connectivity index (χ0v) is 10.0. The van der Waals surface area contributed by atoms with E-state index in [9.17, 15) is 4.79 Å². The second kappa shape index (κ2) is 6.17. The van der Waals surface area contributed by atoms with E-state index >= 15 is 0 Å². The standard InChI is InChI=1S/C14H11N3O2/c15-9-11-3-1-2-4-13(11)19-10-14(18)17-12-5-7-16-8-6-12/h1-8H,10H2,(H,16,17,18). The van der Waals surface area contributed by atoms with Gasteiger partial charge >= 0.3 is 0 Å². The van der Waals surface area contributed by atoms with Crippen molar-refractivity contribution in [2.24, 2.45) is 0 Å². The highest BCUT2D eigenvalue weighted by Crippen LogP contribution is 2.16. The van der Waals surface area contributed by atoms with Crippen LogP contribution in [0.1, 0.15) is 5.56 Å². The Morgan fingerprint density at radius 1 is 1.26 bits per heavy atom. The van der Waals surface area contributed by atoms with Crippen molar-refractivity contribution in [3.05, 3.63) is 54.4 Å². The third kappa shape index (κ3) is 3.54. The number of anilines is 1. The summed E-state index contributed by atoms with van der Waals surface area (Å²) in [6.45, 7) is -0.152. The fourth-order valence-electron chi connectivity index (χ4n) is 1.46. The molecule has 2 aromatic rings. The Balaban J connectivity index is 1.92. The van der Waals surface area contributed by atoms with Gasteiger partial charge in [-0.15, -0.1) is 0 Å². The number of hydrogen-bond donors (Lipinski definition) is 1. The second-order valence-electron chi connectivity index (χ2n) is 3.68. The molecule has 1 aromatic carbocycles. The molecule has 0 spiro atoms. The highest BCUT2D eigenvalue weighted by molar-refractivity contribution is 5.91. The Hall–Kier alpha value is -2.87. The van der Waals surface area contributed by atoms with Crippen LogP contribution in [-0.2, 0) is 4.79 Å². The highest BCUT2D eigenvalue weighted by atomic mass is 16.5. The lowest BCUT2D eigenvalue weighted by Crippen LogP contribution is -2.20. The molecule has 1 aromatic heterocycles. The SMILES string of the molecule is N#Cc1ccccc1OCC(=O)Nc1ccncc1. The number of aromatic nitrogens is 1. The fourth-order valence-corrected chi connectivity index (χ4v) is 1.46. The second-order valence-corrected chi connectivity index (χ2v) is 3.68. The van der Waals surface area contributed by atoms with Gasteiger partial charge in [-0.25, -0.2) is 0 Å². The summed E-state index contributed by atoms with van der Waals surface area (Å²) in [6, 6.07) is 12.1. The van der Waals surface area contributed by atoms with Gasteiger partial charge in [-0.3, -0.25) is 9.78 Å². The maximum atomic E-state index is 11.6. The molecule has 0 fully saturated rings. The van der Waals surface area contributed by atoms with E-state index in [0.29, 0.717) is 17.0 Å². The van der Waals surface area contributed by atoms with Crippen molar-refractivity contribution in [1.29, 1.82) is 5.26 Å². The van der Waals surface area contributed by atoms with Crippen LogP contribution in [-0.4, -0.2) is 17.5 Å². The number of pyridine rings is 1. The van der Waals surface area contributed by atoms with Crippen LogP contribution in [0.25, 0.3) is 0 Å². The maximum absolute atomic E-state index is 11.6. The first-order valence-corrected chi connectivity index (χ1v) is 5.61. The Bertz CT molecular complexity index is 606. The van der Waals surface area contributed by atoms with Gasteiger partial charge < -0.3 is 10.1 Å². The highest BCUT2D eigenvalue weighted by Gasteiger charge is 2.06. The molecule has 0 bridgehead atoms. The van der Waals surface area contributed by atoms with E-state index in [-0.39, 0.29) is 12.5 Å². The summed E-state index contributed by atoms with van der Waals surface area (Å²) in [7, 11) is 0. The normalized spacial score (nSPS) is 9.42. The topological polar surface area (TPSA) is 75.0 Å². The quantitative estimate of drug-likeness (QED) is 0.903. The third-order valence-corrected chi connectivity index (χ3v) is 2.33. The van der Waals surface area contributed by atoms with Crippen molar-refractivity contribution >= 4 is 11.6 Å². The Morgan fingerprint density at radius 2 is 2.00 bits per heavy atom. The van der Waals surface area contributed by atoms with Crippen molar-refractivity contribution in [3.8, 4) is 11.8 Å². The Kier molecular flexibility index (Phi) is 4.09. The van der Waals surface area contributed by atoms with Crippen molar-refractivity contribution in [3.63, 3.8) is 0 Å². The average Bonchev–Trinajstić information content (AvgIpc) is 2.46. The van der Waals surface area contributed by atoms with Crippen LogP contribution in [0.4, 0.5) is 5.69 Å². The minimum absolute atomic E-state index is 0.152. The molecular weight excluding hydrogens is 242 g/mol. The van der Waals surface area contributed by atoms with E-state index in [1.807, 2.05) is 6.07 Å². The molecule has 19 heavy (non-hydrogen) atoms. The Morgan fingerprint density at radius 3 is 2.74 bits per heavy atom. The number of carbonyl (C=O) groups excluding carboxylic acids is 1. The van der Waals surface area contributed by atoms with Crippen LogP contribution in [0.3, 0.4) is 0 Å². The molecule has 94 valence electrons. The van der Waals surface area contributed by atoms with E-state index < -0.39 is 0 Å². The van der Waals surface area contributed by atoms with E-state index in [4.69, 9.17) is 10.00 Å². The molecule has 0 saturated carbocycles. The monoisotopic (exact) mass is 253 g/mol. The summed E-state index contributed by atoms with van der Waals surface area (Å²) in [5.74, 6) is 0.105. The van der Waals surface area contributed by atoms with Crippen LogP contribution in [0.5, 0.6) is 5.75 Å². The summed E-state index contributed by atoms with van der Waals surface area (Å²) < 4.78 is 5.31. The number of benzene rings is 1. The van der Waals surface area contributed by atoms with Crippen molar-refractivity contribution in [1.82, 2.24) is 4.98 Å². The van der Waals surface area contributed by atoms with Gasteiger partial charge in [0.2, 0.25) is 0 Å². The first-order valence-electron chi connectivity index (χ1n) is 5.61. The summed E-state index contributed by atoms with van der Waals surface area (Å²) >= 11 is 0. The van der Waals surface area contributed by atoms with Gasteiger partial charge in [-0.05, 0) is 24.3 Å². The first-order chi connectivity index (χ1) is 9.29. The number of nitrogens with one attached hydrogen (secondary N) is 1. The molecule has 0 saturated heterocycles. The number of nitrogens with zero attached hydrogens (tertiary/aromatic N) is 2. The zero-order valence-electron chi connectivity index (χ0n) is 10.0. The average molecular weight is 253 g/mol. The largest absolute Gasteiger partial charge is 0.482 e. The van der Waals surface area contributed by atoms with E-state index in [0.717, 1.165) is 0 Å². The number of nitriles is 1. The summed E-state index contributed by atoms with van der Waals surface area (Å²) in [4.78, 5) is 15.5. The van der Waals surface area contributed by atoms with E-state index in [2.05, 4.69) is 10.3 Å². The fraction of sp³-hybridized carbons (Fsp3) is 0.0714. The smallest absolute Gasteiger partial charge is 0.262 e. The number of para-hydroxylation sites is 1. The van der Waals surface area contributed by atoms with Crippen LogP contribution >= 0.6 is 0 Å². The predicted molar refractivity (Wildman–Crippen MR) is 69.5 cm³/mol. The van der Waals surface area contributed by atoms with Crippen LogP contribution in [0, 0.1) is 11.3 Å². The van der Waals surface area contributed by atoms with Crippen LogP contribution in [0.15, 0.2) is 48.8 Å². The molecule has 1 amide bonds. The molecule has 0 unspecified atom stereocenters. The van der Waals surface area contributed by atoms with Crippen molar-refractivity contribution in [2.45, 2.75) is 0 Å². The van der Waals surface area contributed by atoms with Gasteiger partial charge in [-0.1, -0.05) is 12.1 Å². The van der Waals surface area contributed by atoms with E-state index in [1.165, 1.54) is 0 Å². The third-order valence-electron chi connectivity index (χ3n) is 2.33. The molecular formula is C14H11N3O2. The lowest BCUT2D eigenvalue weighted by Gasteiger charge is -2.08. The van der Waals surface area contributed by atoms with Gasteiger partial charge in [0.15, 0.2) is 6.61 Å². The molecule has 1 N–H and O–H groups in total. The van der Waals surface area contributed by atoms with Gasteiger partial charge in [0.05, 0.1) is 5.56 Å². The molecule has 0 aliphatic rings. The summed E-state index contributed by atoms with van der Waals surface area (Å²) in [6.07, 6.45) is 3.17. The lowest BCUT2D eigenvalue weighted by molar-refractivity contribution is -0.118. The molecule has 0 atom stereocenters. The molecule has 0 radical (unpaired) electrons. The molecule has 2 rings (SSSR count). The summed E-state index contributed by atoms with van der Waals surface area (Å²) in [5.41, 5.74) is 1.05. The zero-order chi connectivity index (χ0) is 13.5. The molecule has 0 aliphatic heterocycles. The van der Waals surface area contributed by atoms with Crippen LogP contribution in [0.2, 0.25) is 0 Å². The van der Waals surface area contributed by atoms with E-state index in [1.54, 1.807) is 48.8 Å². The van der Waals surface area contributed by atoms with Crippen LogP contribution < -0.4 is 10.1 Å². The van der Waals surface area contributed by atoms with Gasteiger partial charge in [0, 0.05) is 18.1 Å². The van der Waals surface area contributed by atoms with Gasteiger partial charge in [0.25, 0.3) is 5.91 Å². The molecule has 5 nitrogen and oxygen atoms in total. The van der Waals surface area contributed by atoms with Crippen molar-refractivity contribution in [2.75, 3.05) is 11.9 Å². The number of carbonyl (C=O) groups is 1. The van der Waals surface area contributed by atoms with Gasteiger partial charge in [-0.2, -0.15) is 5.26 Å². The minimum Gasteiger partial charge on any atom is -0.482 e. The minimum atomic E-state index is -0.293. The van der Waals surface area contributed by atoms with Crippen molar-refractivity contribution < 1.29 is 9.53 Å². The number of amides is 1. The molecule has 0 aliphatic carbocycles. The summed E-state index contributed by atoms with van der Waals surface area (Å²) in [5, 5.41) is 11.5. The first kappa shape index (κ1) is 12.6. The number of hydrogen-bond acceptors (Lipinski definition) is 4. The molecule has 1 heterocycles. The lowest BCUT2D eigenvalue weighted by atomic mass is 10.2.